The highest BCUT2D eigenvalue weighted by Gasteiger charge is 2.84. The SMILES string of the molecule is CC1(C)CC(=O)[C@]2(O)[C@@]3(C)[C@@H](O)CCC(C)(C)[C@@H]3[C@H](O)[C@@](O)(CC(=O)O)[C@@]2(C)O1. The summed E-state index contributed by atoms with van der Waals surface area (Å²) in [5, 5.41) is 55.8. The molecule has 8 nitrogen and oxygen atoms in total. The molecule has 0 unspecified atom stereocenters. The molecule has 2 aliphatic carbocycles. The van der Waals surface area contributed by atoms with E-state index in [9.17, 15) is 35.1 Å². The van der Waals surface area contributed by atoms with Gasteiger partial charge in [-0.2, -0.15) is 0 Å². The van der Waals surface area contributed by atoms with E-state index < -0.39 is 69.5 Å². The molecule has 1 aliphatic heterocycles. The van der Waals surface area contributed by atoms with Gasteiger partial charge in [-0.1, -0.05) is 20.8 Å². The van der Waals surface area contributed by atoms with Crippen LogP contribution in [0.2, 0.25) is 0 Å². The van der Waals surface area contributed by atoms with Crippen molar-refractivity contribution < 1.29 is 39.9 Å². The summed E-state index contributed by atoms with van der Waals surface area (Å²) in [4.78, 5) is 25.2. The van der Waals surface area contributed by atoms with Crippen LogP contribution in [0.25, 0.3) is 0 Å². The van der Waals surface area contributed by atoms with Crippen LogP contribution in [0.4, 0.5) is 0 Å². The van der Waals surface area contributed by atoms with E-state index in [0.717, 1.165) is 0 Å². The third-order valence-electron chi connectivity index (χ3n) is 8.23. The van der Waals surface area contributed by atoms with Crippen molar-refractivity contribution in [1.29, 1.82) is 0 Å². The lowest BCUT2D eigenvalue weighted by molar-refractivity contribution is -0.401. The summed E-state index contributed by atoms with van der Waals surface area (Å²) >= 11 is 0. The maximum Gasteiger partial charge on any atom is 0.306 e. The predicted molar refractivity (Wildman–Crippen MR) is 102 cm³/mol. The minimum absolute atomic E-state index is 0.173. The Hall–Kier alpha value is -1.06. The van der Waals surface area contributed by atoms with E-state index in [1.165, 1.54) is 6.92 Å². The van der Waals surface area contributed by atoms with E-state index in [0.29, 0.717) is 12.8 Å². The number of rotatable bonds is 2. The summed E-state index contributed by atoms with van der Waals surface area (Å²) in [5.41, 5.74) is -10.4. The van der Waals surface area contributed by atoms with Crippen molar-refractivity contribution >= 4 is 11.8 Å². The van der Waals surface area contributed by atoms with Crippen LogP contribution in [0.5, 0.6) is 0 Å². The fourth-order valence-corrected chi connectivity index (χ4v) is 6.93. The first-order valence-corrected chi connectivity index (χ1v) is 10.2. The number of Topliss-reactive ketones (excluding diaryl/α,β-unsaturated/α-hetero) is 1. The first-order valence-electron chi connectivity index (χ1n) is 10.2. The van der Waals surface area contributed by atoms with Crippen LogP contribution in [0.15, 0.2) is 0 Å². The van der Waals surface area contributed by atoms with Gasteiger partial charge in [-0.15, -0.1) is 0 Å². The Bertz CT molecular complexity index is 747. The first kappa shape index (κ1) is 22.6. The zero-order valence-electron chi connectivity index (χ0n) is 18.0. The van der Waals surface area contributed by atoms with Gasteiger partial charge in [0.1, 0.15) is 11.2 Å². The molecule has 0 aromatic carbocycles. The molecule has 0 amide bonds. The number of hydrogen-bond acceptors (Lipinski definition) is 7. The molecule has 0 bridgehead atoms. The smallest absolute Gasteiger partial charge is 0.306 e. The highest BCUT2D eigenvalue weighted by molar-refractivity contribution is 5.92. The van der Waals surface area contributed by atoms with E-state index in [4.69, 9.17) is 4.74 Å². The summed E-state index contributed by atoms with van der Waals surface area (Å²) in [6.45, 7) is 9.71. The fraction of sp³-hybridized carbons (Fsp3) is 0.905. The molecular formula is C21H34O8. The molecule has 29 heavy (non-hydrogen) atoms. The number of carboxylic acids is 1. The Morgan fingerprint density at radius 2 is 1.66 bits per heavy atom. The number of carbonyl (C=O) groups excluding carboxylic acids is 1. The van der Waals surface area contributed by atoms with Crippen LogP contribution < -0.4 is 0 Å². The van der Waals surface area contributed by atoms with E-state index in [2.05, 4.69) is 0 Å². The van der Waals surface area contributed by atoms with Gasteiger partial charge >= 0.3 is 5.97 Å². The molecule has 0 radical (unpaired) electrons. The van der Waals surface area contributed by atoms with Gasteiger partial charge in [0.05, 0.1) is 24.2 Å². The molecule has 1 heterocycles. The van der Waals surface area contributed by atoms with Gasteiger partial charge in [-0.3, -0.25) is 9.59 Å². The Morgan fingerprint density at radius 1 is 1.10 bits per heavy atom. The number of carboxylic acid groups (broad SMARTS) is 1. The van der Waals surface area contributed by atoms with Crippen molar-refractivity contribution in [2.75, 3.05) is 0 Å². The zero-order chi connectivity index (χ0) is 22.4. The topological polar surface area (TPSA) is 145 Å². The number of aliphatic carboxylic acids is 1. The van der Waals surface area contributed by atoms with E-state index in [1.807, 2.05) is 13.8 Å². The standard InChI is InChI=1S/C21H34O8/c1-16(2)8-7-11(22)18(5)14(16)15(26)20(27,10-13(24)25)19(6)21(18,28)12(23)9-17(3,4)29-19/h11,14-15,22,26-28H,7-10H2,1-6H3,(H,24,25)/t11-,14-,15-,18-,19+,20-,21-/m0/s1. The molecule has 8 heteroatoms. The van der Waals surface area contributed by atoms with Crippen LogP contribution in [0.3, 0.4) is 0 Å². The molecule has 0 aromatic rings. The highest BCUT2D eigenvalue weighted by Crippen LogP contribution is 2.69. The number of hydrogen-bond donors (Lipinski definition) is 5. The average Bonchev–Trinajstić information content (AvgIpc) is 2.53. The van der Waals surface area contributed by atoms with Gasteiger partial charge in [-0.25, -0.2) is 0 Å². The Morgan fingerprint density at radius 3 is 2.17 bits per heavy atom. The molecule has 3 fully saturated rings. The normalized spacial score (nSPS) is 51.1. The van der Waals surface area contributed by atoms with Crippen LogP contribution in [-0.2, 0) is 14.3 Å². The van der Waals surface area contributed by atoms with E-state index >= 15 is 0 Å². The van der Waals surface area contributed by atoms with Crippen molar-refractivity contribution in [3.05, 3.63) is 0 Å². The zero-order valence-corrected chi connectivity index (χ0v) is 18.0. The molecule has 3 rings (SSSR count). The quantitative estimate of drug-likeness (QED) is 0.442. The Balaban J connectivity index is 2.39. The van der Waals surface area contributed by atoms with E-state index in [1.54, 1.807) is 20.8 Å². The predicted octanol–water partition coefficient (Wildman–Crippen LogP) is 0.628. The maximum atomic E-state index is 13.5. The fourth-order valence-electron chi connectivity index (χ4n) is 6.93. The van der Waals surface area contributed by atoms with Crippen LogP contribution >= 0.6 is 0 Å². The second-order valence-electron chi connectivity index (χ2n) is 10.9. The summed E-state index contributed by atoms with van der Waals surface area (Å²) < 4.78 is 6.10. The first-order chi connectivity index (χ1) is 12.9. The number of aliphatic hydroxyl groups is 4. The monoisotopic (exact) mass is 414 g/mol. The molecule has 0 aromatic heterocycles. The van der Waals surface area contributed by atoms with Crippen molar-refractivity contribution in [2.45, 2.75) is 102 Å². The third-order valence-corrected chi connectivity index (χ3v) is 8.23. The minimum atomic E-state index is -2.46. The number of ether oxygens (including phenoxy) is 1. The molecule has 7 atom stereocenters. The van der Waals surface area contributed by atoms with E-state index in [-0.39, 0.29) is 6.42 Å². The largest absolute Gasteiger partial charge is 0.481 e. The highest BCUT2D eigenvalue weighted by atomic mass is 16.6. The lowest BCUT2D eigenvalue weighted by atomic mass is 9.37. The van der Waals surface area contributed by atoms with Crippen LogP contribution in [0.1, 0.15) is 67.2 Å². The summed E-state index contributed by atoms with van der Waals surface area (Å²) in [7, 11) is 0. The molecule has 0 spiro atoms. The number of carbonyl (C=O) groups is 2. The second kappa shape index (κ2) is 6.01. The molecule has 3 aliphatic rings. The molecule has 166 valence electrons. The lowest BCUT2D eigenvalue weighted by Crippen LogP contribution is -2.90. The minimum Gasteiger partial charge on any atom is -0.481 e. The maximum absolute atomic E-state index is 13.5. The lowest BCUT2D eigenvalue weighted by Gasteiger charge is -2.73. The van der Waals surface area contributed by atoms with Crippen molar-refractivity contribution in [2.24, 2.45) is 16.7 Å². The van der Waals surface area contributed by atoms with Crippen LogP contribution in [0, 0.1) is 16.7 Å². The number of ketones is 1. The molecule has 5 N–H and O–H groups in total. The van der Waals surface area contributed by atoms with Gasteiger partial charge in [0.15, 0.2) is 11.4 Å². The molecule has 2 saturated carbocycles. The van der Waals surface area contributed by atoms with Gasteiger partial charge < -0.3 is 30.3 Å². The van der Waals surface area contributed by atoms with Crippen molar-refractivity contribution in [1.82, 2.24) is 0 Å². The third kappa shape index (κ3) is 2.50. The average molecular weight is 414 g/mol. The van der Waals surface area contributed by atoms with Crippen molar-refractivity contribution in [3.8, 4) is 0 Å². The Kier molecular flexibility index (Phi) is 4.68. The molecular weight excluding hydrogens is 380 g/mol. The summed E-state index contributed by atoms with van der Waals surface area (Å²) in [6, 6.07) is 0. The van der Waals surface area contributed by atoms with Gasteiger partial charge in [0.2, 0.25) is 0 Å². The number of aliphatic hydroxyl groups excluding tert-OH is 2. The summed E-state index contributed by atoms with van der Waals surface area (Å²) in [5.74, 6) is -2.97. The second-order valence-corrected chi connectivity index (χ2v) is 10.9. The molecule has 1 saturated heterocycles. The van der Waals surface area contributed by atoms with Crippen LogP contribution in [-0.4, -0.2) is 71.9 Å². The van der Waals surface area contributed by atoms with Crippen molar-refractivity contribution in [3.63, 3.8) is 0 Å². The number of fused-ring (bicyclic) bond motifs is 3. The van der Waals surface area contributed by atoms with Gasteiger partial charge in [-0.05, 0) is 39.0 Å². The summed E-state index contributed by atoms with van der Waals surface area (Å²) in [6.07, 6.45) is -3.13. The van der Waals surface area contributed by atoms with Gasteiger partial charge in [0.25, 0.3) is 0 Å². The Labute approximate surface area is 170 Å². The van der Waals surface area contributed by atoms with Gasteiger partial charge in [0, 0.05) is 17.8 Å².